The van der Waals surface area contributed by atoms with Gasteiger partial charge in [0.2, 0.25) is 0 Å². The van der Waals surface area contributed by atoms with Gasteiger partial charge in [-0.05, 0) is 49.3 Å². The molecule has 35 heavy (non-hydrogen) atoms. The molecule has 202 valence electrons. The zero-order valence-electron chi connectivity index (χ0n) is 23.2. The van der Waals surface area contributed by atoms with Crippen molar-refractivity contribution in [1.82, 2.24) is 0 Å². The number of hydrogen-bond acceptors (Lipinski definition) is 3. The number of esters is 1. The lowest BCUT2D eigenvalue weighted by atomic mass is 10.0. The van der Waals surface area contributed by atoms with Gasteiger partial charge >= 0.3 is 5.97 Å². The Kier molecular flexibility index (Phi) is 20.6. The monoisotopic (exact) mass is 488 g/mol. The highest BCUT2D eigenvalue weighted by molar-refractivity contribution is 5.69. The number of rotatable bonds is 24. The number of unbranched alkanes of at least 4 members (excludes halogenated alkanes) is 15. The molecule has 1 rings (SSSR count). The van der Waals surface area contributed by atoms with Gasteiger partial charge in [0.05, 0.1) is 6.61 Å². The van der Waals surface area contributed by atoms with Gasteiger partial charge in [0.25, 0.3) is 0 Å². The SMILES string of the molecule is CCCCC(CC)COC(=O)CCCCCCCCCCCCCCCCCc1ccc(O)cc1. The van der Waals surface area contributed by atoms with E-state index in [2.05, 4.69) is 13.8 Å². The molecule has 0 radical (unpaired) electrons. The summed E-state index contributed by atoms with van der Waals surface area (Å²) in [7, 11) is 0. The molecule has 1 aromatic rings. The second-order valence-corrected chi connectivity index (χ2v) is 10.6. The van der Waals surface area contributed by atoms with E-state index in [-0.39, 0.29) is 5.97 Å². The largest absolute Gasteiger partial charge is 0.508 e. The van der Waals surface area contributed by atoms with E-state index in [1.54, 1.807) is 12.1 Å². The lowest BCUT2D eigenvalue weighted by Gasteiger charge is -2.14. The summed E-state index contributed by atoms with van der Waals surface area (Å²) in [5.41, 5.74) is 1.33. The van der Waals surface area contributed by atoms with Gasteiger partial charge in [0.15, 0.2) is 0 Å². The van der Waals surface area contributed by atoms with E-state index in [9.17, 15) is 9.90 Å². The molecule has 1 aromatic carbocycles. The number of phenols is 1. The second kappa shape index (κ2) is 22.9. The molecule has 0 aromatic heterocycles. The molecule has 0 fully saturated rings. The van der Waals surface area contributed by atoms with Gasteiger partial charge in [0.1, 0.15) is 5.75 Å². The summed E-state index contributed by atoms with van der Waals surface area (Å²) in [4.78, 5) is 11.9. The first-order chi connectivity index (χ1) is 17.2. The van der Waals surface area contributed by atoms with Gasteiger partial charge < -0.3 is 9.84 Å². The molecule has 0 aliphatic rings. The first kappa shape index (κ1) is 31.5. The van der Waals surface area contributed by atoms with Crippen molar-refractivity contribution in [2.24, 2.45) is 5.92 Å². The third kappa shape index (κ3) is 19.4. The number of aryl methyl sites for hydroxylation is 1. The number of carbonyl (C=O) groups is 1. The van der Waals surface area contributed by atoms with Crippen LogP contribution in [0.4, 0.5) is 0 Å². The van der Waals surface area contributed by atoms with E-state index in [0.717, 1.165) is 25.7 Å². The molecule has 0 saturated carbocycles. The third-order valence-corrected chi connectivity index (χ3v) is 7.31. The molecule has 1 unspecified atom stereocenters. The van der Waals surface area contributed by atoms with Crippen molar-refractivity contribution in [2.45, 2.75) is 149 Å². The van der Waals surface area contributed by atoms with Gasteiger partial charge in [-0.15, -0.1) is 0 Å². The third-order valence-electron chi connectivity index (χ3n) is 7.31. The number of carbonyl (C=O) groups excluding carboxylic acids is 1. The average molecular weight is 489 g/mol. The van der Waals surface area contributed by atoms with Crippen LogP contribution >= 0.6 is 0 Å². The van der Waals surface area contributed by atoms with Crippen LogP contribution in [-0.4, -0.2) is 17.7 Å². The molecule has 0 amide bonds. The van der Waals surface area contributed by atoms with Crippen molar-refractivity contribution in [3.05, 3.63) is 29.8 Å². The summed E-state index contributed by atoms with van der Waals surface area (Å²) in [6.45, 7) is 5.03. The van der Waals surface area contributed by atoms with Crippen molar-refractivity contribution in [1.29, 1.82) is 0 Å². The Bertz CT molecular complexity index is 595. The molecular formula is C32H56O3. The van der Waals surface area contributed by atoms with Gasteiger partial charge in [-0.25, -0.2) is 0 Å². The van der Waals surface area contributed by atoms with Crippen molar-refractivity contribution in [3.63, 3.8) is 0 Å². The summed E-state index contributed by atoms with van der Waals surface area (Å²) >= 11 is 0. The van der Waals surface area contributed by atoms with Crippen LogP contribution in [0.15, 0.2) is 24.3 Å². The molecule has 1 N–H and O–H groups in total. The Labute approximate surface area is 217 Å². The fourth-order valence-corrected chi connectivity index (χ4v) is 4.74. The molecule has 0 spiro atoms. The van der Waals surface area contributed by atoms with Crippen molar-refractivity contribution in [2.75, 3.05) is 6.61 Å². The summed E-state index contributed by atoms with van der Waals surface area (Å²) in [5, 5.41) is 9.32. The van der Waals surface area contributed by atoms with Gasteiger partial charge in [0, 0.05) is 6.42 Å². The quantitative estimate of drug-likeness (QED) is 0.116. The van der Waals surface area contributed by atoms with Gasteiger partial charge in [-0.2, -0.15) is 0 Å². The fourth-order valence-electron chi connectivity index (χ4n) is 4.74. The van der Waals surface area contributed by atoms with E-state index >= 15 is 0 Å². The summed E-state index contributed by atoms with van der Waals surface area (Å²) in [5.74, 6) is 0.916. The minimum atomic E-state index is 0.00836. The molecule has 3 heteroatoms. The Hall–Kier alpha value is -1.51. The summed E-state index contributed by atoms with van der Waals surface area (Å²) in [6, 6.07) is 7.64. The smallest absolute Gasteiger partial charge is 0.305 e. The van der Waals surface area contributed by atoms with Crippen LogP contribution < -0.4 is 0 Å². The number of benzene rings is 1. The Morgan fingerprint density at radius 1 is 0.714 bits per heavy atom. The highest BCUT2D eigenvalue weighted by Crippen LogP contribution is 2.16. The molecule has 1 atom stereocenters. The van der Waals surface area contributed by atoms with Crippen LogP contribution in [0.1, 0.15) is 148 Å². The molecule has 0 aliphatic heterocycles. The van der Waals surface area contributed by atoms with Crippen LogP contribution in [0.3, 0.4) is 0 Å². The van der Waals surface area contributed by atoms with E-state index in [1.165, 1.54) is 108 Å². The Balaban J connectivity index is 1.77. The van der Waals surface area contributed by atoms with Crippen LogP contribution in [0.25, 0.3) is 0 Å². The predicted molar refractivity (Wildman–Crippen MR) is 150 cm³/mol. The number of ether oxygens (including phenoxy) is 1. The molecular weight excluding hydrogens is 432 g/mol. The molecule has 3 nitrogen and oxygen atoms in total. The topological polar surface area (TPSA) is 46.5 Å². The zero-order valence-corrected chi connectivity index (χ0v) is 23.2. The average Bonchev–Trinajstić information content (AvgIpc) is 2.87. The summed E-state index contributed by atoms with van der Waals surface area (Å²) in [6.07, 6.45) is 26.2. The standard InChI is InChI=1S/C32H56O3/c1-3-5-21-29(4-2)28-35-32(34)23-20-18-16-14-12-10-8-6-7-9-11-13-15-17-19-22-30-24-26-31(33)27-25-30/h24-27,29,33H,3-23,28H2,1-2H3. The van der Waals surface area contributed by atoms with E-state index in [0.29, 0.717) is 24.7 Å². The maximum Gasteiger partial charge on any atom is 0.305 e. The minimum absolute atomic E-state index is 0.00836. The van der Waals surface area contributed by atoms with Crippen molar-refractivity contribution < 1.29 is 14.6 Å². The molecule has 0 saturated heterocycles. The van der Waals surface area contributed by atoms with E-state index in [1.807, 2.05) is 12.1 Å². The second-order valence-electron chi connectivity index (χ2n) is 10.6. The maximum atomic E-state index is 11.9. The summed E-state index contributed by atoms with van der Waals surface area (Å²) < 4.78 is 5.49. The molecule has 0 aliphatic carbocycles. The first-order valence-corrected chi connectivity index (χ1v) is 15.1. The molecule has 0 heterocycles. The zero-order chi connectivity index (χ0) is 25.4. The van der Waals surface area contributed by atoms with Crippen molar-refractivity contribution in [3.8, 4) is 5.75 Å². The van der Waals surface area contributed by atoms with E-state index < -0.39 is 0 Å². The minimum Gasteiger partial charge on any atom is -0.508 e. The lowest BCUT2D eigenvalue weighted by Crippen LogP contribution is -2.13. The van der Waals surface area contributed by atoms with Crippen molar-refractivity contribution >= 4 is 5.97 Å². The fraction of sp³-hybridized carbons (Fsp3) is 0.781. The van der Waals surface area contributed by atoms with Crippen LogP contribution in [0.5, 0.6) is 5.75 Å². The highest BCUT2D eigenvalue weighted by atomic mass is 16.5. The van der Waals surface area contributed by atoms with E-state index in [4.69, 9.17) is 4.74 Å². The van der Waals surface area contributed by atoms with Crippen LogP contribution in [0, 0.1) is 5.92 Å². The van der Waals surface area contributed by atoms with Gasteiger partial charge in [-0.1, -0.05) is 129 Å². The predicted octanol–water partition coefficient (Wildman–Crippen LogP) is 9.94. The highest BCUT2D eigenvalue weighted by Gasteiger charge is 2.09. The van der Waals surface area contributed by atoms with Gasteiger partial charge in [-0.3, -0.25) is 4.79 Å². The Morgan fingerprint density at radius 2 is 1.20 bits per heavy atom. The maximum absolute atomic E-state index is 11.9. The number of aromatic hydroxyl groups is 1. The number of phenolic OH excluding ortho intramolecular Hbond substituents is 1. The normalized spacial score (nSPS) is 12.1. The van der Waals surface area contributed by atoms with Crippen LogP contribution in [-0.2, 0) is 16.0 Å². The first-order valence-electron chi connectivity index (χ1n) is 15.1. The lowest BCUT2D eigenvalue weighted by molar-refractivity contribution is -0.145. The van der Waals surface area contributed by atoms with Crippen LogP contribution in [0.2, 0.25) is 0 Å². The number of hydrogen-bond donors (Lipinski definition) is 1. The Morgan fingerprint density at radius 3 is 1.69 bits per heavy atom. The molecule has 0 bridgehead atoms.